The Morgan fingerprint density at radius 1 is 1.08 bits per heavy atom. The number of anilines is 1. The fraction of sp³-hybridized carbons (Fsp3) is 0.276. The van der Waals surface area contributed by atoms with Gasteiger partial charge in [-0.05, 0) is 42.7 Å². The first-order valence-corrected chi connectivity index (χ1v) is 12.9. The second kappa shape index (κ2) is 10.1. The normalized spacial score (nSPS) is 15.9. The number of carbonyl (C=O) groups is 1. The van der Waals surface area contributed by atoms with Crippen molar-refractivity contribution in [2.45, 2.75) is 32.7 Å². The van der Waals surface area contributed by atoms with Gasteiger partial charge in [0.2, 0.25) is 0 Å². The molecule has 0 saturated carbocycles. The van der Waals surface area contributed by atoms with Crippen LogP contribution in [0, 0.1) is 5.82 Å². The summed E-state index contributed by atoms with van der Waals surface area (Å²) in [5, 5.41) is 10.3. The van der Waals surface area contributed by atoms with Crippen molar-refractivity contribution in [2.75, 3.05) is 24.5 Å². The molecule has 2 aromatic carbocycles. The van der Waals surface area contributed by atoms with Gasteiger partial charge in [0, 0.05) is 42.7 Å². The van der Waals surface area contributed by atoms with E-state index in [9.17, 15) is 19.1 Å². The molecule has 2 aromatic heterocycles. The number of rotatable bonds is 4. The third-order valence-electron chi connectivity index (χ3n) is 7.06. The van der Waals surface area contributed by atoms with Crippen LogP contribution in [-0.2, 0) is 0 Å². The maximum atomic E-state index is 14.8. The Hall–Kier alpha value is -3.91. The zero-order chi connectivity index (χ0) is 27.1. The predicted molar refractivity (Wildman–Crippen MR) is 148 cm³/mol. The Kier molecular flexibility index (Phi) is 6.84. The number of fused-ring (bicyclic) bond motifs is 1. The smallest absolute Gasteiger partial charge is 0.407 e. The monoisotopic (exact) mass is 534 g/mol. The Labute approximate surface area is 224 Å². The molecular formula is C29H28ClFN4O3. The summed E-state index contributed by atoms with van der Waals surface area (Å²) < 4.78 is 16.4. The predicted octanol–water partition coefficient (Wildman–Crippen LogP) is 6.16. The Balaban J connectivity index is 1.81. The molecule has 1 unspecified atom stereocenters. The summed E-state index contributed by atoms with van der Waals surface area (Å²) >= 11 is 6.72. The van der Waals surface area contributed by atoms with Crippen LogP contribution in [0.4, 0.5) is 14.9 Å². The number of nitrogens with zero attached hydrogens (tertiary/aromatic N) is 4. The molecule has 38 heavy (non-hydrogen) atoms. The average molecular weight is 535 g/mol. The molecule has 0 radical (unpaired) electrons. The van der Waals surface area contributed by atoms with Crippen molar-refractivity contribution in [3.8, 4) is 16.9 Å². The fourth-order valence-corrected chi connectivity index (χ4v) is 5.44. The first kappa shape index (κ1) is 25.7. The van der Waals surface area contributed by atoms with Crippen LogP contribution in [0.2, 0.25) is 5.02 Å². The molecule has 9 heteroatoms. The molecule has 1 aliphatic heterocycles. The van der Waals surface area contributed by atoms with Crippen LogP contribution < -0.4 is 10.5 Å². The molecule has 1 aliphatic rings. The van der Waals surface area contributed by atoms with Gasteiger partial charge < -0.3 is 14.9 Å². The molecule has 0 spiro atoms. The maximum absolute atomic E-state index is 14.8. The molecule has 196 valence electrons. The minimum Gasteiger partial charge on any atom is -0.465 e. The van der Waals surface area contributed by atoms with Gasteiger partial charge in [0.15, 0.2) is 0 Å². The highest BCUT2D eigenvalue weighted by Gasteiger charge is 2.29. The summed E-state index contributed by atoms with van der Waals surface area (Å²) in [5.74, 6) is -0.331. The van der Waals surface area contributed by atoms with Gasteiger partial charge >= 0.3 is 6.09 Å². The topological polar surface area (TPSA) is 78.7 Å². The SMILES string of the molecule is CC(C)c1ccccc1-n1c(=O)cc(N2CCN(C(=O)O)CC2C)c2cc(Cl)c(-c3ccccc3F)nc21. The second-order valence-electron chi connectivity index (χ2n) is 9.86. The van der Waals surface area contributed by atoms with Crippen molar-refractivity contribution in [1.82, 2.24) is 14.5 Å². The minimum absolute atomic E-state index is 0.135. The minimum atomic E-state index is -0.971. The number of hydrogen-bond acceptors (Lipinski definition) is 4. The van der Waals surface area contributed by atoms with Crippen LogP contribution >= 0.6 is 11.6 Å². The summed E-state index contributed by atoms with van der Waals surface area (Å²) in [4.78, 5) is 33.6. The summed E-state index contributed by atoms with van der Waals surface area (Å²) in [6, 6.07) is 17.0. The van der Waals surface area contributed by atoms with Crippen LogP contribution in [-0.4, -0.2) is 51.3 Å². The van der Waals surface area contributed by atoms with Crippen LogP contribution in [0.5, 0.6) is 0 Å². The molecule has 0 bridgehead atoms. The van der Waals surface area contributed by atoms with E-state index >= 15 is 0 Å². The summed E-state index contributed by atoms with van der Waals surface area (Å²) in [6.07, 6.45) is -0.971. The molecule has 4 aromatic rings. The van der Waals surface area contributed by atoms with Gasteiger partial charge in [-0.1, -0.05) is 55.8 Å². The van der Waals surface area contributed by atoms with E-state index in [1.54, 1.807) is 34.9 Å². The third-order valence-corrected chi connectivity index (χ3v) is 7.35. The van der Waals surface area contributed by atoms with Crippen molar-refractivity contribution >= 4 is 34.4 Å². The Morgan fingerprint density at radius 2 is 1.79 bits per heavy atom. The molecule has 3 heterocycles. The van der Waals surface area contributed by atoms with E-state index in [-0.39, 0.29) is 33.8 Å². The van der Waals surface area contributed by atoms with Crippen LogP contribution in [0.3, 0.4) is 0 Å². The number of pyridine rings is 2. The molecule has 1 atom stereocenters. The van der Waals surface area contributed by atoms with E-state index in [0.717, 1.165) is 5.56 Å². The quantitative estimate of drug-likeness (QED) is 0.339. The number of aromatic nitrogens is 2. The van der Waals surface area contributed by atoms with Crippen molar-refractivity contribution in [3.63, 3.8) is 0 Å². The lowest BCUT2D eigenvalue weighted by Gasteiger charge is -2.40. The first-order valence-electron chi connectivity index (χ1n) is 12.5. The number of carboxylic acid groups (broad SMARTS) is 1. The van der Waals surface area contributed by atoms with Gasteiger partial charge in [-0.2, -0.15) is 0 Å². The van der Waals surface area contributed by atoms with E-state index in [4.69, 9.17) is 16.6 Å². The first-order chi connectivity index (χ1) is 18.2. The number of halogens is 2. The van der Waals surface area contributed by atoms with Gasteiger partial charge in [-0.3, -0.25) is 9.36 Å². The molecule has 1 amide bonds. The summed E-state index contributed by atoms with van der Waals surface area (Å²) in [6.45, 7) is 7.03. The van der Waals surface area contributed by atoms with Gasteiger partial charge in [-0.15, -0.1) is 0 Å². The van der Waals surface area contributed by atoms with E-state index in [1.807, 2.05) is 36.1 Å². The summed E-state index contributed by atoms with van der Waals surface area (Å²) in [5.41, 5.74) is 2.84. The Bertz CT molecular complexity index is 1600. The second-order valence-corrected chi connectivity index (χ2v) is 10.3. The highest BCUT2D eigenvalue weighted by Crippen LogP contribution is 2.36. The molecule has 5 rings (SSSR count). The van der Waals surface area contributed by atoms with E-state index in [2.05, 4.69) is 13.8 Å². The number of benzene rings is 2. The molecule has 1 N–H and O–H groups in total. The lowest BCUT2D eigenvalue weighted by Crippen LogP contribution is -2.53. The van der Waals surface area contributed by atoms with Gasteiger partial charge in [-0.25, -0.2) is 14.2 Å². The van der Waals surface area contributed by atoms with Crippen LogP contribution in [0.25, 0.3) is 28.0 Å². The highest BCUT2D eigenvalue weighted by molar-refractivity contribution is 6.34. The highest BCUT2D eigenvalue weighted by atomic mass is 35.5. The van der Waals surface area contributed by atoms with Crippen molar-refractivity contribution < 1.29 is 14.3 Å². The van der Waals surface area contributed by atoms with Crippen LogP contribution in [0.15, 0.2) is 65.5 Å². The van der Waals surface area contributed by atoms with E-state index in [0.29, 0.717) is 42.0 Å². The number of para-hydroxylation sites is 1. The van der Waals surface area contributed by atoms with Crippen molar-refractivity contribution in [3.05, 3.63) is 87.4 Å². The maximum Gasteiger partial charge on any atom is 0.407 e. The van der Waals surface area contributed by atoms with Gasteiger partial charge in [0.05, 0.1) is 22.1 Å². The van der Waals surface area contributed by atoms with Gasteiger partial charge in [0.1, 0.15) is 11.5 Å². The lowest BCUT2D eigenvalue weighted by molar-refractivity contribution is 0.136. The molecule has 7 nitrogen and oxygen atoms in total. The lowest BCUT2D eigenvalue weighted by atomic mass is 10.0. The van der Waals surface area contributed by atoms with E-state index in [1.165, 1.54) is 11.0 Å². The van der Waals surface area contributed by atoms with Crippen molar-refractivity contribution in [1.29, 1.82) is 0 Å². The third kappa shape index (κ3) is 4.49. The molecular weight excluding hydrogens is 507 g/mol. The average Bonchev–Trinajstić information content (AvgIpc) is 2.88. The largest absolute Gasteiger partial charge is 0.465 e. The number of piperazine rings is 1. The zero-order valence-corrected chi connectivity index (χ0v) is 22.1. The Morgan fingerprint density at radius 3 is 2.47 bits per heavy atom. The van der Waals surface area contributed by atoms with Crippen LogP contribution in [0.1, 0.15) is 32.3 Å². The molecule has 0 aliphatic carbocycles. The van der Waals surface area contributed by atoms with Crippen molar-refractivity contribution in [2.24, 2.45) is 0 Å². The standard InChI is InChI=1S/C29H28ClFN4O3/c1-17(2)19-8-5-7-11-24(19)35-26(36)15-25(34-13-12-33(29(37)38)16-18(34)3)21-14-22(30)27(32-28(21)35)20-9-4-6-10-23(20)31/h4-11,14-15,17-18H,12-13,16H2,1-3H3,(H,37,38). The summed E-state index contributed by atoms with van der Waals surface area (Å²) in [7, 11) is 0. The van der Waals surface area contributed by atoms with E-state index < -0.39 is 11.9 Å². The number of amides is 1. The van der Waals surface area contributed by atoms with Gasteiger partial charge in [0.25, 0.3) is 5.56 Å². The molecule has 1 saturated heterocycles. The number of hydrogen-bond donors (Lipinski definition) is 1. The molecule has 1 fully saturated rings. The zero-order valence-electron chi connectivity index (χ0n) is 21.4. The fourth-order valence-electron chi connectivity index (χ4n) is 5.18.